The van der Waals surface area contributed by atoms with Crippen molar-refractivity contribution in [2.24, 2.45) is 5.92 Å². The summed E-state index contributed by atoms with van der Waals surface area (Å²) in [5.74, 6) is 0.940. The van der Waals surface area contributed by atoms with Crippen LogP contribution in [0.4, 0.5) is 0 Å². The third-order valence-electron chi connectivity index (χ3n) is 3.07. The molecule has 82 valence electrons. The first kappa shape index (κ1) is 11.6. The molecule has 0 bridgehead atoms. The Morgan fingerprint density at radius 3 is 2.47 bits per heavy atom. The third kappa shape index (κ3) is 2.61. The van der Waals surface area contributed by atoms with Gasteiger partial charge >= 0.3 is 0 Å². The van der Waals surface area contributed by atoms with Gasteiger partial charge in [-0.1, -0.05) is 29.8 Å². The number of hydrogen-bond donors (Lipinski definition) is 0. The van der Waals surface area contributed by atoms with Gasteiger partial charge in [0.25, 0.3) is 0 Å². The minimum Gasteiger partial charge on any atom is -0.126 e. The van der Waals surface area contributed by atoms with Gasteiger partial charge in [-0.25, -0.2) is 0 Å². The third-order valence-corrected chi connectivity index (χ3v) is 4.50. The molecule has 1 unspecified atom stereocenters. The fourth-order valence-corrected chi connectivity index (χ4v) is 2.78. The van der Waals surface area contributed by atoms with E-state index in [0.717, 1.165) is 29.8 Å². The van der Waals surface area contributed by atoms with Crippen LogP contribution in [0.1, 0.15) is 18.4 Å². The van der Waals surface area contributed by atoms with E-state index in [9.17, 15) is 0 Å². The molecule has 0 nitrogen and oxygen atoms in total. The van der Waals surface area contributed by atoms with Crippen LogP contribution in [0.15, 0.2) is 24.3 Å². The summed E-state index contributed by atoms with van der Waals surface area (Å²) < 4.78 is 0. The van der Waals surface area contributed by atoms with Crippen molar-refractivity contribution in [3.05, 3.63) is 34.9 Å². The average molecular weight is 264 g/mol. The van der Waals surface area contributed by atoms with Crippen molar-refractivity contribution in [3.8, 4) is 0 Å². The van der Waals surface area contributed by atoms with Crippen LogP contribution in [0, 0.1) is 5.92 Å². The molecule has 1 aliphatic rings. The van der Waals surface area contributed by atoms with E-state index in [1.807, 2.05) is 24.3 Å². The minimum atomic E-state index is -0.0546. The number of hydrogen-bond acceptors (Lipinski definition) is 0. The molecule has 0 heterocycles. The fourth-order valence-electron chi connectivity index (χ4n) is 1.83. The van der Waals surface area contributed by atoms with Gasteiger partial charge in [0.15, 0.2) is 0 Å². The van der Waals surface area contributed by atoms with E-state index in [0.29, 0.717) is 11.8 Å². The summed E-state index contributed by atoms with van der Waals surface area (Å²) in [6.07, 6.45) is 3.04. The van der Waals surface area contributed by atoms with Gasteiger partial charge in [-0.2, -0.15) is 0 Å². The Balaban J connectivity index is 2.10. The van der Waals surface area contributed by atoms with Gasteiger partial charge in [-0.3, -0.25) is 0 Å². The summed E-state index contributed by atoms with van der Waals surface area (Å²) >= 11 is 18.5. The lowest BCUT2D eigenvalue weighted by Crippen LogP contribution is -2.20. The van der Waals surface area contributed by atoms with E-state index in [-0.39, 0.29) is 4.87 Å². The van der Waals surface area contributed by atoms with Crippen molar-refractivity contribution in [3.63, 3.8) is 0 Å². The number of benzene rings is 1. The van der Waals surface area contributed by atoms with Crippen LogP contribution in [0.5, 0.6) is 0 Å². The molecular formula is C12H13Cl3. The minimum absolute atomic E-state index is 0.0546. The van der Waals surface area contributed by atoms with Crippen molar-refractivity contribution >= 4 is 34.8 Å². The number of alkyl halides is 2. The molecule has 15 heavy (non-hydrogen) atoms. The zero-order valence-corrected chi connectivity index (χ0v) is 10.6. The first-order valence-corrected chi connectivity index (χ1v) is 6.43. The molecule has 1 atom stereocenters. The second-order valence-corrected chi connectivity index (χ2v) is 5.65. The monoisotopic (exact) mass is 262 g/mol. The Hall–Kier alpha value is 0.0900. The van der Waals surface area contributed by atoms with Gasteiger partial charge in [0.2, 0.25) is 0 Å². The quantitative estimate of drug-likeness (QED) is 0.701. The van der Waals surface area contributed by atoms with Gasteiger partial charge in [0, 0.05) is 15.8 Å². The maximum absolute atomic E-state index is 6.39. The zero-order chi connectivity index (χ0) is 10.9. The van der Waals surface area contributed by atoms with Gasteiger partial charge in [-0.15, -0.1) is 23.2 Å². The molecule has 0 radical (unpaired) electrons. The predicted octanol–water partition coefficient (Wildman–Crippen LogP) is 4.51. The summed E-state index contributed by atoms with van der Waals surface area (Å²) in [5.41, 5.74) is 1.15. The molecule has 0 amide bonds. The number of rotatable bonds is 4. The average Bonchev–Trinajstić information content (AvgIpc) is 2.96. The van der Waals surface area contributed by atoms with Crippen LogP contribution in [0.2, 0.25) is 5.02 Å². The SMILES string of the molecule is ClCC(Cc1ccccc1Cl)C1(Cl)CC1. The smallest absolute Gasteiger partial charge is 0.0490 e. The maximum Gasteiger partial charge on any atom is 0.0490 e. The summed E-state index contributed by atoms with van der Waals surface area (Å²) in [7, 11) is 0. The van der Waals surface area contributed by atoms with E-state index in [1.165, 1.54) is 0 Å². The molecular weight excluding hydrogens is 250 g/mol. The highest BCUT2D eigenvalue weighted by molar-refractivity contribution is 6.31. The molecule has 1 aliphatic carbocycles. The van der Waals surface area contributed by atoms with Crippen LogP contribution in [-0.4, -0.2) is 10.8 Å². The highest BCUT2D eigenvalue weighted by atomic mass is 35.5. The van der Waals surface area contributed by atoms with Crippen molar-refractivity contribution in [1.29, 1.82) is 0 Å². The van der Waals surface area contributed by atoms with Crippen molar-refractivity contribution in [2.45, 2.75) is 24.1 Å². The van der Waals surface area contributed by atoms with E-state index in [1.54, 1.807) is 0 Å². The molecule has 1 saturated carbocycles. The topological polar surface area (TPSA) is 0 Å². The van der Waals surface area contributed by atoms with Crippen LogP contribution >= 0.6 is 34.8 Å². The molecule has 0 aliphatic heterocycles. The molecule has 3 heteroatoms. The predicted molar refractivity (Wildman–Crippen MR) is 67.2 cm³/mol. The van der Waals surface area contributed by atoms with Gasteiger partial charge < -0.3 is 0 Å². The lowest BCUT2D eigenvalue weighted by atomic mass is 9.96. The lowest BCUT2D eigenvalue weighted by molar-refractivity contribution is 0.540. The Bertz CT molecular complexity index is 344. The summed E-state index contributed by atoms with van der Waals surface area (Å²) in [5, 5.41) is 0.813. The normalized spacial score (nSPS) is 19.9. The fraction of sp³-hybridized carbons (Fsp3) is 0.500. The first-order chi connectivity index (χ1) is 7.15. The standard InChI is InChI=1S/C12H13Cl3/c13-8-10(12(15)5-6-12)7-9-3-1-2-4-11(9)14/h1-4,10H,5-8H2. The molecule has 0 N–H and O–H groups in total. The van der Waals surface area contributed by atoms with Crippen molar-refractivity contribution in [1.82, 2.24) is 0 Å². The highest BCUT2D eigenvalue weighted by Crippen LogP contribution is 2.50. The van der Waals surface area contributed by atoms with E-state index < -0.39 is 0 Å². The van der Waals surface area contributed by atoms with E-state index in [2.05, 4.69) is 0 Å². The lowest BCUT2D eigenvalue weighted by Gasteiger charge is -2.19. The van der Waals surface area contributed by atoms with E-state index in [4.69, 9.17) is 34.8 Å². The summed E-state index contributed by atoms with van der Waals surface area (Å²) in [4.78, 5) is -0.0546. The molecule has 0 spiro atoms. The van der Waals surface area contributed by atoms with Gasteiger partial charge in [0.1, 0.15) is 0 Å². The molecule has 2 rings (SSSR count). The Morgan fingerprint density at radius 2 is 1.93 bits per heavy atom. The largest absolute Gasteiger partial charge is 0.126 e. The summed E-state index contributed by atoms with van der Waals surface area (Å²) in [6, 6.07) is 7.90. The first-order valence-electron chi connectivity index (χ1n) is 5.14. The molecule has 0 aromatic heterocycles. The summed E-state index contributed by atoms with van der Waals surface area (Å²) in [6.45, 7) is 0. The zero-order valence-electron chi connectivity index (χ0n) is 8.35. The van der Waals surface area contributed by atoms with Crippen molar-refractivity contribution in [2.75, 3.05) is 5.88 Å². The van der Waals surface area contributed by atoms with Crippen LogP contribution in [0.3, 0.4) is 0 Å². The van der Waals surface area contributed by atoms with Crippen molar-refractivity contribution < 1.29 is 0 Å². The Labute approximate surface area is 106 Å². The second-order valence-electron chi connectivity index (χ2n) is 4.18. The molecule has 1 fully saturated rings. The highest BCUT2D eigenvalue weighted by Gasteiger charge is 2.47. The number of halogens is 3. The molecule has 0 saturated heterocycles. The maximum atomic E-state index is 6.39. The van der Waals surface area contributed by atoms with Gasteiger partial charge in [-0.05, 0) is 36.8 Å². The Morgan fingerprint density at radius 1 is 1.27 bits per heavy atom. The van der Waals surface area contributed by atoms with E-state index >= 15 is 0 Å². The molecule has 1 aromatic rings. The van der Waals surface area contributed by atoms with Crippen LogP contribution < -0.4 is 0 Å². The Kier molecular flexibility index (Phi) is 3.49. The van der Waals surface area contributed by atoms with Gasteiger partial charge in [0.05, 0.1) is 0 Å². The van der Waals surface area contributed by atoms with Crippen LogP contribution in [-0.2, 0) is 6.42 Å². The second kappa shape index (κ2) is 4.53. The molecule has 1 aromatic carbocycles. The van der Waals surface area contributed by atoms with Crippen LogP contribution in [0.25, 0.3) is 0 Å².